The van der Waals surface area contributed by atoms with Crippen molar-refractivity contribution < 1.29 is 49.2 Å². The lowest BCUT2D eigenvalue weighted by atomic mass is 10.0. The molecular formula is C6H13O10P. The molecule has 7 N–H and O–H groups in total. The van der Waals surface area contributed by atoms with Crippen molar-refractivity contribution in [2.75, 3.05) is 6.61 Å². The van der Waals surface area contributed by atoms with Crippen LogP contribution in [0.1, 0.15) is 0 Å². The topological polar surface area (TPSA) is 185 Å². The Hall–Kier alpha value is -0.580. The van der Waals surface area contributed by atoms with Crippen LogP contribution in [0.15, 0.2) is 0 Å². The molecule has 0 radical (unpaired) electrons. The molecule has 17 heavy (non-hydrogen) atoms. The Bertz CT molecular complexity index is 299. The van der Waals surface area contributed by atoms with Gasteiger partial charge in [-0.05, 0) is 0 Å². The van der Waals surface area contributed by atoms with Gasteiger partial charge in [0.1, 0.15) is 18.3 Å². The third kappa shape index (κ3) is 5.52. The average Bonchev–Trinajstić information content (AvgIpc) is 2.22. The monoisotopic (exact) mass is 276 g/mol. The minimum absolute atomic E-state index is 0.960. The zero-order chi connectivity index (χ0) is 13.8. The molecule has 0 saturated heterocycles. The molecule has 0 unspecified atom stereocenters. The van der Waals surface area contributed by atoms with Crippen molar-refractivity contribution in [3.8, 4) is 0 Å². The zero-order valence-corrected chi connectivity index (χ0v) is 9.21. The van der Waals surface area contributed by atoms with Crippen molar-refractivity contribution in [3.63, 3.8) is 0 Å². The minimum Gasteiger partial charge on any atom is -0.394 e. The van der Waals surface area contributed by atoms with Gasteiger partial charge in [0.05, 0.1) is 6.61 Å². The summed E-state index contributed by atoms with van der Waals surface area (Å²) in [6, 6.07) is 0. The summed E-state index contributed by atoms with van der Waals surface area (Å²) in [5.74, 6) is -1.88. The Balaban J connectivity index is 4.54. The van der Waals surface area contributed by atoms with E-state index in [-0.39, 0.29) is 0 Å². The highest BCUT2D eigenvalue weighted by Crippen LogP contribution is 2.36. The van der Waals surface area contributed by atoms with Gasteiger partial charge < -0.3 is 30.1 Å². The third-order valence-corrected chi connectivity index (χ3v) is 2.12. The quantitative estimate of drug-likeness (QED) is 0.236. The smallest absolute Gasteiger partial charge is 0.394 e. The summed E-state index contributed by atoms with van der Waals surface area (Å²) in [4.78, 5) is 27.3. The van der Waals surface area contributed by atoms with E-state index in [0.29, 0.717) is 0 Å². The van der Waals surface area contributed by atoms with Crippen LogP contribution in [0.4, 0.5) is 0 Å². The maximum atomic E-state index is 10.8. The molecular weight excluding hydrogens is 263 g/mol. The molecule has 0 amide bonds. The Morgan fingerprint density at radius 3 is 1.94 bits per heavy atom. The lowest BCUT2D eigenvalue weighted by Crippen LogP contribution is -2.48. The van der Waals surface area contributed by atoms with Gasteiger partial charge in [0.2, 0.25) is 0 Å². The van der Waals surface area contributed by atoms with Crippen LogP contribution in [0.25, 0.3) is 0 Å². The van der Waals surface area contributed by atoms with Gasteiger partial charge in [0, 0.05) is 0 Å². The molecule has 0 aromatic carbocycles. The van der Waals surface area contributed by atoms with Gasteiger partial charge >= 0.3 is 13.8 Å². The van der Waals surface area contributed by atoms with E-state index in [4.69, 9.17) is 35.3 Å². The number of phosphoric acid groups is 1. The van der Waals surface area contributed by atoms with Crippen LogP contribution in [0.2, 0.25) is 0 Å². The molecule has 0 aromatic heterocycles. The number of rotatable bonds is 6. The number of aliphatic hydroxyl groups excluding tert-OH is 5. The number of carbonyl (C=O) groups is 1. The minimum atomic E-state index is -5.19. The van der Waals surface area contributed by atoms with Crippen molar-refractivity contribution in [1.82, 2.24) is 0 Å². The van der Waals surface area contributed by atoms with Crippen LogP contribution >= 0.6 is 7.82 Å². The first-order chi connectivity index (χ1) is 7.60. The molecule has 11 heteroatoms. The predicted octanol–water partition coefficient (Wildman–Crippen LogP) is -3.94. The Labute approximate surface area is 94.9 Å². The number of hydrogen-bond donors (Lipinski definition) is 7. The fourth-order valence-corrected chi connectivity index (χ4v) is 1.18. The number of aliphatic hydroxyl groups is 5. The third-order valence-electron chi connectivity index (χ3n) is 1.71. The first-order valence-electron chi connectivity index (χ1n) is 4.22. The van der Waals surface area contributed by atoms with Gasteiger partial charge in [0.25, 0.3) is 0 Å². The molecule has 10 nitrogen and oxygen atoms in total. The second kappa shape index (κ2) is 6.38. The SMILES string of the molecule is O=C(OP(=O)(O)O)[C@H](O)[C@H](O)[C@@H](O)[C@@H](O)CO. The lowest BCUT2D eigenvalue weighted by molar-refractivity contribution is -0.162. The van der Waals surface area contributed by atoms with E-state index in [0.717, 1.165) is 0 Å². The zero-order valence-electron chi connectivity index (χ0n) is 8.32. The molecule has 0 spiro atoms. The molecule has 4 atom stereocenters. The summed E-state index contributed by atoms with van der Waals surface area (Å²) in [6.45, 7) is -0.960. The van der Waals surface area contributed by atoms with E-state index in [1.807, 2.05) is 0 Å². The molecule has 0 heterocycles. The fourth-order valence-electron chi connectivity index (χ4n) is 0.833. The molecule has 0 aliphatic carbocycles. The van der Waals surface area contributed by atoms with Gasteiger partial charge in [0.15, 0.2) is 6.10 Å². The predicted molar refractivity (Wildman–Crippen MR) is 49.2 cm³/mol. The summed E-state index contributed by atoms with van der Waals surface area (Å²) in [6.07, 6.45) is -8.71. The highest BCUT2D eigenvalue weighted by molar-refractivity contribution is 7.46. The van der Waals surface area contributed by atoms with Gasteiger partial charge in [-0.3, -0.25) is 9.79 Å². The molecule has 0 bridgehead atoms. The van der Waals surface area contributed by atoms with Gasteiger partial charge in [-0.2, -0.15) is 0 Å². The van der Waals surface area contributed by atoms with Crippen LogP contribution in [0, 0.1) is 0 Å². The summed E-state index contributed by atoms with van der Waals surface area (Å²) >= 11 is 0. The van der Waals surface area contributed by atoms with Crippen LogP contribution in [0.5, 0.6) is 0 Å². The van der Waals surface area contributed by atoms with Crippen LogP contribution in [-0.2, 0) is 13.9 Å². The molecule has 0 aromatic rings. The van der Waals surface area contributed by atoms with E-state index in [2.05, 4.69) is 4.52 Å². The molecule has 0 fully saturated rings. The van der Waals surface area contributed by atoms with Crippen molar-refractivity contribution in [2.45, 2.75) is 24.4 Å². The average molecular weight is 276 g/mol. The Morgan fingerprint density at radius 2 is 1.59 bits per heavy atom. The molecule has 0 aliphatic heterocycles. The van der Waals surface area contributed by atoms with Gasteiger partial charge in [-0.25, -0.2) is 9.36 Å². The van der Waals surface area contributed by atoms with Crippen molar-refractivity contribution in [1.29, 1.82) is 0 Å². The normalized spacial score (nSPS) is 19.2. The summed E-state index contributed by atoms with van der Waals surface area (Å²) < 4.78 is 13.7. The van der Waals surface area contributed by atoms with Gasteiger partial charge in [-0.1, -0.05) is 0 Å². The van der Waals surface area contributed by atoms with Crippen molar-refractivity contribution in [2.24, 2.45) is 0 Å². The number of phosphoric ester groups is 1. The fraction of sp³-hybridized carbons (Fsp3) is 0.833. The molecule has 102 valence electrons. The summed E-state index contributed by atoms with van der Waals surface area (Å²) in [7, 11) is -5.19. The number of hydrogen-bond acceptors (Lipinski definition) is 8. The highest BCUT2D eigenvalue weighted by Gasteiger charge is 2.37. The first kappa shape index (κ1) is 16.4. The molecule has 0 rings (SSSR count). The first-order valence-corrected chi connectivity index (χ1v) is 5.75. The molecule has 0 saturated carbocycles. The van der Waals surface area contributed by atoms with E-state index in [1.54, 1.807) is 0 Å². The van der Waals surface area contributed by atoms with Crippen LogP contribution in [-0.4, -0.2) is 72.3 Å². The van der Waals surface area contributed by atoms with E-state index < -0.39 is 44.8 Å². The van der Waals surface area contributed by atoms with Crippen LogP contribution < -0.4 is 0 Å². The van der Waals surface area contributed by atoms with Gasteiger partial charge in [-0.15, -0.1) is 0 Å². The second-order valence-electron chi connectivity index (χ2n) is 3.08. The Morgan fingerprint density at radius 1 is 1.12 bits per heavy atom. The maximum Gasteiger partial charge on any atom is 0.527 e. The van der Waals surface area contributed by atoms with E-state index in [9.17, 15) is 9.36 Å². The summed E-state index contributed by atoms with van der Waals surface area (Å²) in [5.41, 5.74) is 0. The molecule has 0 aliphatic rings. The van der Waals surface area contributed by atoms with E-state index in [1.165, 1.54) is 0 Å². The van der Waals surface area contributed by atoms with E-state index >= 15 is 0 Å². The standard InChI is InChI=1S/C6H13O10P/c7-1-2(8)3(9)4(10)5(11)6(12)16-17(13,14)15/h2-5,7-11H,1H2,(H2,13,14,15)/t2-,3-,4+,5+/m0/s1. The van der Waals surface area contributed by atoms with Crippen molar-refractivity contribution in [3.05, 3.63) is 0 Å². The van der Waals surface area contributed by atoms with Crippen molar-refractivity contribution >= 4 is 13.8 Å². The highest BCUT2D eigenvalue weighted by atomic mass is 31.2. The summed E-state index contributed by atoms with van der Waals surface area (Å²) in [5, 5.41) is 44.6. The largest absolute Gasteiger partial charge is 0.527 e. The lowest BCUT2D eigenvalue weighted by Gasteiger charge is -2.24. The maximum absolute atomic E-state index is 10.8. The number of carbonyl (C=O) groups excluding carboxylic acids is 1. The Kier molecular flexibility index (Phi) is 6.16. The van der Waals surface area contributed by atoms with Crippen LogP contribution in [0.3, 0.4) is 0 Å². The second-order valence-corrected chi connectivity index (χ2v) is 4.24.